The quantitative estimate of drug-likeness (QED) is 0.809. The van der Waals surface area contributed by atoms with Gasteiger partial charge in [-0.1, -0.05) is 44.2 Å². The molecule has 1 aromatic carbocycles. The second-order valence-corrected chi connectivity index (χ2v) is 4.50. The zero-order valence-corrected chi connectivity index (χ0v) is 10.1. The van der Waals surface area contributed by atoms with Crippen LogP contribution in [0.25, 0.3) is 11.3 Å². The first-order valence-corrected chi connectivity index (χ1v) is 5.80. The van der Waals surface area contributed by atoms with Crippen LogP contribution >= 0.6 is 0 Å². The number of hydrogen-bond acceptors (Lipinski definition) is 2. The molecule has 0 amide bonds. The normalized spacial score (nSPS) is 10.8. The summed E-state index contributed by atoms with van der Waals surface area (Å²) in [6.07, 6.45) is 0. The molecule has 0 radical (unpaired) electrons. The molecule has 0 aliphatic rings. The molecule has 2 rings (SSSR count). The van der Waals surface area contributed by atoms with E-state index in [0.717, 1.165) is 11.3 Å². The minimum absolute atomic E-state index is 0.0432. The molecule has 0 N–H and O–H groups in total. The van der Waals surface area contributed by atoms with Crippen LogP contribution in [0, 0.1) is 5.92 Å². The van der Waals surface area contributed by atoms with Gasteiger partial charge in [-0.25, -0.2) is 4.68 Å². The van der Waals surface area contributed by atoms with Crippen LogP contribution in [-0.2, 0) is 6.54 Å². The number of benzene rings is 1. The van der Waals surface area contributed by atoms with Crippen LogP contribution in [0.4, 0.5) is 0 Å². The third kappa shape index (κ3) is 2.81. The molecule has 2 aromatic rings. The van der Waals surface area contributed by atoms with Gasteiger partial charge < -0.3 is 0 Å². The topological polar surface area (TPSA) is 34.9 Å². The van der Waals surface area contributed by atoms with E-state index in [0.29, 0.717) is 12.5 Å². The summed E-state index contributed by atoms with van der Waals surface area (Å²) in [4.78, 5) is 11.6. The van der Waals surface area contributed by atoms with Gasteiger partial charge in [0.05, 0.1) is 5.69 Å². The Labute approximate surface area is 101 Å². The molecule has 1 heterocycles. The van der Waals surface area contributed by atoms with Crippen molar-refractivity contribution in [2.75, 3.05) is 0 Å². The van der Waals surface area contributed by atoms with Crippen LogP contribution in [0.15, 0.2) is 47.3 Å². The summed E-state index contributed by atoms with van der Waals surface area (Å²) in [5, 5.41) is 4.39. The zero-order chi connectivity index (χ0) is 12.3. The Morgan fingerprint density at radius 1 is 1.12 bits per heavy atom. The third-order valence-corrected chi connectivity index (χ3v) is 2.47. The fourth-order valence-electron chi connectivity index (χ4n) is 1.69. The zero-order valence-electron chi connectivity index (χ0n) is 10.1. The molecular formula is C14H16N2O. The maximum atomic E-state index is 11.6. The largest absolute Gasteiger partial charge is 0.268 e. The summed E-state index contributed by atoms with van der Waals surface area (Å²) in [6, 6.07) is 13.2. The highest BCUT2D eigenvalue weighted by atomic mass is 16.1. The van der Waals surface area contributed by atoms with Gasteiger partial charge in [0.15, 0.2) is 0 Å². The number of aromatic nitrogens is 2. The van der Waals surface area contributed by atoms with Gasteiger partial charge in [-0.05, 0) is 12.0 Å². The van der Waals surface area contributed by atoms with E-state index < -0.39 is 0 Å². The van der Waals surface area contributed by atoms with Crippen molar-refractivity contribution in [3.05, 3.63) is 52.8 Å². The molecule has 0 fully saturated rings. The van der Waals surface area contributed by atoms with Crippen molar-refractivity contribution in [3.8, 4) is 11.3 Å². The van der Waals surface area contributed by atoms with Gasteiger partial charge in [0.2, 0.25) is 0 Å². The molecule has 88 valence electrons. The van der Waals surface area contributed by atoms with Gasteiger partial charge in [-0.15, -0.1) is 0 Å². The smallest absolute Gasteiger partial charge is 0.266 e. The van der Waals surface area contributed by atoms with Gasteiger partial charge in [-0.2, -0.15) is 5.10 Å². The van der Waals surface area contributed by atoms with E-state index >= 15 is 0 Å². The van der Waals surface area contributed by atoms with Crippen molar-refractivity contribution in [1.29, 1.82) is 0 Å². The highest BCUT2D eigenvalue weighted by Gasteiger charge is 2.04. The van der Waals surface area contributed by atoms with Crippen molar-refractivity contribution >= 4 is 0 Å². The predicted molar refractivity (Wildman–Crippen MR) is 68.8 cm³/mol. The summed E-state index contributed by atoms with van der Waals surface area (Å²) < 4.78 is 1.53. The van der Waals surface area contributed by atoms with Gasteiger partial charge >= 0.3 is 0 Å². The molecule has 0 saturated heterocycles. The van der Waals surface area contributed by atoms with Crippen LogP contribution in [0.5, 0.6) is 0 Å². The highest BCUT2D eigenvalue weighted by Crippen LogP contribution is 2.14. The van der Waals surface area contributed by atoms with Gasteiger partial charge in [-0.3, -0.25) is 4.79 Å². The highest BCUT2D eigenvalue weighted by molar-refractivity contribution is 5.57. The Bertz CT molecular complexity index is 544. The van der Waals surface area contributed by atoms with Crippen LogP contribution < -0.4 is 5.56 Å². The maximum Gasteiger partial charge on any atom is 0.266 e. The Morgan fingerprint density at radius 2 is 1.82 bits per heavy atom. The summed E-state index contributed by atoms with van der Waals surface area (Å²) in [7, 11) is 0. The molecule has 3 heteroatoms. The van der Waals surface area contributed by atoms with Crippen LogP contribution in [0.3, 0.4) is 0 Å². The van der Waals surface area contributed by atoms with E-state index in [-0.39, 0.29) is 5.56 Å². The standard InChI is InChI=1S/C14H16N2O/c1-11(2)10-16-14(17)9-8-13(15-16)12-6-4-3-5-7-12/h3-9,11H,10H2,1-2H3. The molecular weight excluding hydrogens is 212 g/mol. The molecule has 3 nitrogen and oxygen atoms in total. The second kappa shape index (κ2) is 4.95. The van der Waals surface area contributed by atoms with E-state index in [4.69, 9.17) is 0 Å². The predicted octanol–water partition coefficient (Wildman–Crippen LogP) is 2.57. The summed E-state index contributed by atoms with van der Waals surface area (Å²) >= 11 is 0. The fourth-order valence-corrected chi connectivity index (χ4v) is 1.69. The van der Waals surface area contributed by atoms with Crippen molar-refractivity contribution in [2.24, 2.45) is 5.92 Å². The van der Waals surface area contributed by atoms with Gasteiger partial charge in [0.25, 0.3) is 5.56 Å². The summed E-state index contributed by atoms with van der Waals surface area (Å²) in [6.45, 7) is 4.80. The molecule has 0 saturated carbocycles. The first kappa shape index (κ1) is 11.6. The molecule has 1 aromatic heterocycles. The monoisotopic (exact) mass is 228 g/mol. The Kier molecular flexibility index (Phi) is 3.38. The number of rotatable bonds is 3. The molecule has 17 heavy (non-hydrogen) atoms. The molecule has 0 aliphatic heterocycles. The SMILES string of the molecule is CC(C)Cn1nc(-c2ccccc2)ccc1=O. The second-order valence-electron chi connectivity index (χ2n) is 4.50. The average Bonchev–Trinajstić information content (AvgIpc) is 2.32. The van der Waals surface area contributed by atoms with Crippen molar-refractivity contribution in [3.63, 3.8) is 0 Å². The van der Waals surface area contributed by atoms with E-state index in [9.17, 15) is 4.79 Å². The van der Waals surface area contributed by atoms with Gasteiger partial charge in [0.1, 0.15) is 0 Å². The first-order valence-electron chi connectivity index (χ1n) is 5.80. The van der Waals surface area contributed by atoms with E-state index in [1.54, 1.807) is 12.1 Å². The van der Waals surface area contributed by atoms with E-state index in [1.165, 1.54) is 4.68 Å². The maximum absolute atomic E-state index is 11.6. The minimum atomic E-state index is -0.0432. The van der Waals surface area contributed by atoms with Crippen molar-refractivity contribution in [2.45, 2.75) is 20.4 Å². The van der Waals surface area contributed by atoms with E-state index in [2.05, 4.69) is 18.9 Å². The van der Waals surface area contributed by atoms with Crippen LogP contribution in [0.2, 0.25) is 0 Å². The first-order chi connectivity index (χ1) is 8.16. The number of hydrogen-bond donors (Lipinski definition) is 0. The van der Waals surface area contributed by atoms with E-state index in [1.807, 2.05) is 30.3 Å². The molecule has 0 atom stereocenters. The van der Waals surface area contributed by atoms with Crippen molar-refractivity contribution < 1.29 is 0 Å². The fraction of sp³-hybridized carbons (Fsp3) is 0.286. The van der Waals surface area contributed by atoms with Crippen LogP contribution in [0.1, 0.15) is 13.8 Å². The van der Waals surface area contributed by atoms with Crippen LogP contribution in [-0.4, -0.2) is 9.78 Å². The lowest BCUT2D eigenvalue weighted by molar-refractivity contribution is 0.465. The van der Waals surface area contributed by atoms with Gasteiger partial charge in [0, 0.05) is 18.2 Å². The lowest BCUT2D eigenvalue weighted by atomic mass is 10.1. The Hall–Kier alpha value is -1.90. The Morgan fingerprint density at radius 3 is 2.47 bits per heavy atom. The summed E-state index contributed by atoms with van der Waals surface area (Å²) in [5.74, 6) is 0.409. The lowest BCUT2D eigenvalue weighted by Crippen LogP contribution is -2.24. The third-order valence-electron chi connectivity index (χ3n) is 2.47. The average molecular weight is 228 g/mol. The lowest BCUT2D eigenvalue weighted by Gasteiger charge is -2.09. The molecule has 0 spiro atoms. The summed E-state index contributed by atoms with van der Waals surface area (Å²) in [5.41, 5.74) is 1.83. The number of nitrogens with zero attached hydrogens (tertiary/aromatic N) is 2. The minimum Gasteiger partial charge on any atom is -0.268 e. The molecule has 0 bridgehead atoms. The van der Waals surface area contributed by atoms with Crippen molar-refractivity contribution in [1.82, 2.24) is 9.78 Å². The molecule has 0 unspecified atom stereocenters. The Balaban J connectivity index is 2.41. The molecule has 0 aliphatic carbocycles.